The van der Waals surface area contributed by atoms with Gasteiger partial charge in [-0.1, -0.05) is 31.4 Å². The molecule has 0 bridgehead atoms. The molecule has 0 amide bonds. The van der Waals surface area contributed by atoms with Crippen LogP contribution in [-0.2, 0) is 0 Å². The maximum Gasteiger partial charge on any atom is 0.337 e. The van der Waals surface area contributed by atoms with Gasteiger partial charge in [0.25, 0.3) is 0 Å². The van der Waals surface area contributed by atoms with Gasteiger partial charge in [-0.15, -0.1) is 0 Å². The van der Waals surface area contributed by atoms with Gasteiger partial charge in [0, 0.05) is 13.1 Å². The number of carboxylic acids is 1. The molecule has 0 radical (unpaired) electrons. The lowest BCUT2D eigenvalue weighted by molar-refractivity contribution is 0.0697. The second-order valence-electron chi connectivity index (χ2n) is 5.86. The van der Waals surface area contributed by atoms with Gasteiger partial charge in [0.2, 0.25) is 0 Å². The molecule has 1 aromatic carbocycles. The lowest BCUT2D eigenvalue weighted by Crippen LogP contribution is -2.36. The highest BCUT2D eigenvalue weighted by Gasteiger charge is 2.25. The molecule has 3 nitrogen and oxygen atoms in total. The first-order valence-corrected chi connectivity index (χ1v) is 7.06. The minimum absolute atomic E-state index is 0.417. The predicted octanol–water partition coefficient (Wildman–Crippen LogP) is 3.71. The Balaban J connectivity index is 2.27. The van der Waals surface area contributed by atoms with Gasteiger partial charge in [0.15, 0.2) is 0 Å². The number of aromatic carboxylic acids is 1. The molecule has 1 fully saturated rings. The zero-order valence-corrected chi connectivity index (χ0v) is 12.0. The monoisotopic (exact) mass is 261 g/mol. The van der Waals surface area contributed by atoms with Crippen molar-refractivity contribution in [1.29, 1.82) is 0 Å². The van der Waals surface area contributed by atoms with E-state index >= 15 is 0 Å². The van der Waals surface area contributed by atoms with Crippen molar-refractivity contribution in [2.24, 2.45) is 5.92 Å². The third kappa shape index (κ3) is 3.09. The number of nitrogens with zero attached hydrogens (tertiary/aromatic N) is 1. The maximum atomic E-state index is 11.4. The first-order valence-electron chi connectivity index (χ1n) is 7.06. The number of carbonyl (C=O) groups is 1. The van der Waals surface area contributed by atoms with E-state index in [0.717, 1.165) is 30.0 Å². The summed E-state index contributed by atoms with van der Waals surface area (Å²) in [5, 5.41) is 9.36. The average molecular weight is 261 g/mol. The first-order chi connectivity index (χ1) is 8.99. The molecule has 1 aromatic rings. The van der Waals surface area contributed by atoms with Crippen LogP contribution in [0.2, 0.25) is 0 Å². The molecule has 2 atom stereocenters. The third-order valence-electron chi connectivity index (χ3n) is 4.22. The SMILES string of the molecule is Cc1ccc(N(C)C2CCCC(C)C2)c(C(=O)O)c1. The molecule has 2 unspecified atom stereocenters. The van der Waals surface area contributed by atoms with Crippen LogP contribution in [-0.4, -0.2) is 24.2 Å². The van der Waals surface area contributed by atoms with Gasteiger partial charge in [-0.3, -0.25) is 0 Å². The van der Waals surface area contributed by atoms with Crippen molar-refractivity contribution in [3.8, 4) is 0 Å². The molecule has 0 aromatic heterocycles. The van der Waals surface area contributed by atoms with E-state index in [0.29, 0.717) is 11.6 Å². The van der Waals surface area contributed by atoms with E-state index in [2.05, 4.69) is 11.8 Å². The number of hydrogen-bond donors (Lipinski definition) is 1. The van der Waals surface area contributed by atoms with E-state index in [1.54, 1.807) is 6.07 Å². The summed E-state index contributed by atoms with van der Waals surface area (Å²) in [6.45, 7) is 4.21. The Bertz CT molecular complexity index is 470. The van der Waals surface area contributed by atoms with Crippen LogP contribution >= 0.6 is 0 Å². The standard InChI is InChI=1S/C16H23NO2/c1-11-5-4-6-13(9-11)17(3)15-8-7-12(2)10-14(15)16(18)19/h7-8,10-11,13H,4-6,9H2,1-3H3,(H,18,19). The normalized spacial score (nSPS) is 23.1. The number of benzene rings is 1. The van der Waals surface area contributed by atoms with Gasteiger partial charge in [-0.25, -0.2) is 4.79 Å². The smallest absolute Gasteiger partial charge is 0.337 e. The Morgan fingerprint density at radius 2 is 2.11 bits per heavy atom. The van der Waals surface area contributed by atoms with Gasteiger partial charge in [-0.05, 0) is 37.8 Å². The van der Waals surface area contributed by atoms with Gasteiger partial charge < -0.3 is 10.0 Å². The van der Waals surface area contributed by atoms with Gasteiger partial charge in [-0.2, -0.15) is 0 Å². The Hall–Kier alpha value is -1.51. The fourth-order valence-corrected chi connectivity index (χ4v) is 3.08. The Morgan fingerprint density at radius 3 is 2.74 bits per heavy atom. The van der Waals surface area contributed by atoms with Crippen molar-refractivity contribution in [3.05, 3.63) is 29.3 Å². The molecule has 0 aliphatic heterocycles. The van der Waals surface area contributed by atoms with E-state index in [-0.39, 0.29) is 0 Å². The van der Waals surface area contributed by atoms with Crippen LogP contribution in [0, 0.1) is 12.8 Å². The Kier molecular flexibility index (Phi) is 4.13. The molecule has 104 valence electrons. The van der Waals surface area contributed by atoms with Crippen molar-refractivity contribution >= 4 is 11.7 Å². The zero-order chi connectivity index (χ0) is 14.0. The summed E-state index contributed by atoms with van der Waals surface area (Å²) in [7, 11) is 2.03. The van der Waals surface area contributed by atoms with E-state index in [1.165, 1.54) is 12.8 Å². The summed E-state index contributed by atoms with van der Waals surface area (Å²) >= 11 is 0. The topological polar surface area (TPSA) is 40.5 Å². The molecular formula is C16H23NO2. The maximum absolute atomic E-state index is 11.4. The highest BCUT2D eigenvalue weighted by atomic mass is 16.4. The summed E-state index contributed by atoms with van der Waals surface area (Å²) in [5.41, 5.74) is 2.25. The highest BCUT2D eigenvalue weighted by molar-refractivity contribution is 5.94. The van der Waals surface area contributed by atoms with E-state index in [9.17, 15) is 9.90 Å². The fraction of sp³-hybridized carbons (Fsp3) is 0.562. The van der Waals surface area contributed by atoms with Crippen molar-refractivity contribution < 1.29 is 9.90 Å². The number of carboxylic acid groups (broad SMARTS) is 1. The summed E-state index contributed by atoms with van der Waals surface area (Å²) in [6.07, 6.45) is 4.85. The number of hydrogen-bond acceptors (Lipinski definition) is 2. The van der Waals surface area contributed by atoms with Crippen molar-refractivity contribution in [3.63, 3.8) is 0 Å². The van der Waals surface area contributed by atoms with Crippen LogP contribution in [0.1, 0.15) is 48.5 Å². The van der Waals surface area contributed by atoms with Gasteiger partial charge >= 0.3 is 5.97 Å². The highest BCUT2D eigenvalue weighted by Crippen LogP contribution is 2.31. The first kappa shape index (κ1) is 13.9. The largest absolute Gasteiger partial charge is 0.478 e. The lowest BCUT2D eigenvalue weighted by Gasteiger charge is -2.36. The van der Waals surface area contributed by atoms with Crippen LogP contribution in [0.25, 0.3) is 0 Å². The molecular weight excluding hydrogens is 238 g/mol. The Morgan fingerprint density at radius 1 is 1.37 bits per heavy atom. The van der Waals surface area contributed by atoms with Crippen molar-refractivity contribution in [1.82, 2.24) is 0 Å². The van der Waals surface area contributed by atoms with E-state index in [4.69, 9.17) is 0 Å². The van der Waals surface area contributed by atoms with Crippen molar-refractivity contribution in [2.45, 2.75) is 45.6 Å². The van der Waals surface area contributed by atoms with E-state index < -0.39 is 5.97 Å². The summed E-state index contributed by atoms with van der Waals surface area (Å²) < 4.78 is 0. The van der Waals surface area contributed by atoms with Gasteiger partial charge in [0.1, 0.15) is 0 Å². The van der Waals surface area contributed by atoms with Crippen LogP contribution in [0.4, 0.5) is 5.69 Å². The summed E-state index contributed by atoms with van der Waals surface area (Å²) in [6, 6.07) is 6.16. The molecule has 1 aliphatic carbocycles. The lowest BCUT2D eigenvalue weighted by atomic mass is 9.86. The van der Waals surface area contributed by atoms with Crippen LogP contribution in [0.3, 0.4) is 0 Å². The quantitative estimate of drug-likeness (QED) is 0.901. The molecule has 1 saturated carbocycles. The minimum Gasteiger partial charge on any atom is -0.478 e. The second-order valence-corrected chi connectivity index (χ2v) is 5.86. The molecule has 2 rings (SSSR count). The molecule has 0 spiro atoms. The van der Waals surface area contributed by atoms with Crippen molar-refractivity contribution in [2.75, 3.05) is 11.9 Å². The fourth-order valence-electron chi connectivity index (χ4n) is 3.08. The molecule has 19 heavy (non-hydrogen) atoms. The van der Waals surface area contributed by atoms with E-state index in [1.807, 2.05) is 26.1 Å². The molecule has 1 aliphatic rings. The third-order valence-corrected chi connectivity index (χ3v) is 4.22. The van der Waals surface area contributed by atoms with Crippen LogP contribution in [0.5, 0.6) is 0 Å². The number of anilines is 1. The number of rotatable bonds is 3. The summed E-state index contributed by atoms with van der Waals surface area (Å²) in [5.74, 6) is -0.102. The predicted molar refractivity (Wildman–Crippen MR) is 78.0 cm³/mol. The molecule has 0 heterocycles. The zero-order valence-electron chi connectivity index (χ0n) is 12.0. The summed E-state index contributed by atoms with van der Waals surface area (Å²) in [4.78, 5) is 13.6. The Labute approximate surface area is 115 Å². The average Bonchev–Trinajstić information content (AvgIpc) is 2.37. The molecule has 3 heteroatoms. The molecule has 1 N–H and O–H groups in total. The molecule has 0 saturated heterocycles. The number of aryl methyl sites for hydroxylation is 1. The van der Waals surface area contributed by atoms with Gasteiger partial charge in [0.05, 0.1) is 11.3 Å². The second kappa shape index (κ2) is 5.64. The van der Waals surface area contributed by atoms with Crippen LogP contribution < -0.4 is 4.90 Å². The van der Waals surface area contributed by atoms with Crippen LogP contribution in [0.15, 0.2) is 18.2 Å². The minimum atomic E-state index is -0.839.